The van der Waals surface area contributed by atoms with Crippen LogP contribution in [-0.4, -0.2) is 22.5 Å². The number of nitrogens with one attached hydrogen (secondary N) is 1. The maximum absolute atomic E-state index is 12.1. The predicted molar refractivity (Wildman–Crippen MR) is 101 cm³/mol. The van der Waals surface area contributed by atoms with E-state index in [1.54, 1.807) is 12.3 Å². The van der Waals surface area contributed by atoms with E-state index >= 15 is 0 Å². The van der Waals surface area contributed by atoms with Gasteiger partial charge in [0.05, 0.1) is 11.5 Å². The number of hydrogen-bond donors (Lipinski definition) is 1. The van der Waals surface area contributed by atoms with Gasteiger partial charge in [0.1, 0.15) is 0 Å². The monoisotopic (exact) mass is 377 g/mol. The van der Waals surface area contributed by atoms with Crippen molar-refractivity contribution in [1.29, 1.82) is 0 Å². The average Bonchev–Trinajstić information content (AvgIpc) is 2.91. The molecule has 0 unspecified atom stereocenters. The lowest BCUT2D eigenvalue weighted by molar-refractivity contribution is -0.118. The van der Waals surface area contributed by atoms with Gasteiger partial charge in [-0.1, -0.05) is 71.4 Å². The fraction of sp³-hybridized carbons (Fsp3) is 0.118. The molecule has 1 atom stereocenters. The molecule has 0 aromatic heterocycles. The van der Waals surface area contributed by atoms with Gasteiger partial charge in [-0.3, -0.25) is 4.79 Å². The van der Waals surface area contributed by atoms with Crippen molar-refractivity contribution in [3.63, 3.8) is 0 Å². The third-order valence-electron chi connectivity index (χ3n) is 3.39. The predicted octanol–water partition coefficient (Wildman–Crippen LogP) is 4.16. The minimum atomic E-state index is -0.265. The zero-order valence-electron chi connectivity index (χ0n) is 12.4. The lowest BCUT2D eigenvalue weighted by Crippen LogP contribution is -2.26. The Morgan fingerprint density at radius 1 is 1.08 bits per heavy atom. The van der Waals surface area contributed by atoms with E-state index in [4.69, 9.17) is 23.2 Å². The Morgan fingerprint density at radius 3 is 2.54 bits per heavy atom. The maximum Gasteiger partial charge on any atom is 0.239 e. The Balaban J connectivity index is 1.66. The van der Waals surface area contributed by atoms with Gasteiger partial charge in [-0.2, -0.15) is 5.10 Å². The van der Waals surface area contributed by atoms with Crippen molar-refractivity contribution in [2.24, 2.45) is 10.2 Å². The van der Waals surface area contributed by atoms with Gasteiger partial charge in [-0.25, -0.2) is 0 Å². The summed E-state index contributed by atoms with van der Waals surface area (Å²) in [5.74, 6) is -0.0911. The van der Waals surface area contributed by atoms with E-state index in [1.807, 2.05) is 42.5 Å². The van der Waals surface area contributed by atoms with E-state index in [9.17, 15) is 4.79 Å². The first-order chi connectivity index (χ1) is 11.6. The zero-order valence-corrected chi connectivity index (χ0v) is 14.8. The summed E-state index contributed by atoms with van der Waals surface area (Å²) in [7, 11) is 0. The molecule has 0 bridgehead atoms. The van der Waals surface area contributed by atoms with Crippen molar-refractivity contribution in [2.45, 2.75) is 11.7 Å². The van der Waals surface area contributed by atoms with Gasteiger partial charge in [-0.05, 0) is 24.1 Å². The van der Waals surface area contributed by atoms with Crippen molar-refractivity contribution in [1.82, 2.24) is 5.32 Å². The second-order valence-electron chi connectivity index (χ2n) is 5.06. The fourth-order valence-corrected chi connectivity index (χ4v) is 3.52. The number of carbonyl (C=O) groups excluding carboxylic acids is 1. The highest BCUT2D eigenvalue weighted by molar-refractivity contribution is 8.15. The number of amides is 1. The van der Waals surface area contributed by atoms with Crippen LogP contribution in [0.1, 0.15) is 11.1 Å². The van der Waals surface area contributed by atoms with Gasteiger partial charge in [0.2, 0.25) is 5.91 Å². The molecule has 1 fully saturated rings. The molecule has 1 saturated heterocycles. The van der Waals surface area contributed by atoms with E-state index in [-0.39, 0.29) is 11.2 Å². The summed E-state index contributed by atoms with van der Waals surface area (Å²) in [4.78, 5) is 12.1. The van der Waals surface area contributed by atoms with Crippen molar-refractivity contribution in [3.8, 4) is 0 Å². The molecule has 2 aromatic carbocycles. The van der Waals surface area contributed by atoms with Gasteiger partial charge >= 0.3 is 0 Å². The highest BCUT2D eigenvalue weighted by atomic mass is 35.5. The first-order valence-electron chi connectivity index (χ1n) is 7.20. The van der Waals surface area contributed by atoms with Crippen LogP contribution in [0, 0.1) is 0 Å². The molecule has 0 aliphatic carbocycles. The Morgan fingerprint density at radius 2 is 1.79 bits per heavy atom. The van der Waals surface area contributed by atoms with Crippen LogP contribution in [0.2, 0.25) is 10.0 Å². The van der Waals surface area contributed by atoms with Crippen molar-refractivity contribution < 1.29 is 4.79 Å². The summed E-state index contributed by atoms with van der Waals surface area (Å²) >= 11 is 13.5. The second kappa shape index (κ2) is 7.83. The van der Waals surface area contributed by atoms with Crippen molar-refractivity contribution in [3.05, 3.63) is 69.7 Å². The minimum absolute atomic E-state index is 0.0911. The van der Waals surface area contributed by atoms with E-state index in [1.165, 1.54) is 11.8 Å². The number of benzene rings is 2. The molecule has 1 heterocycles. The first kappa shape index (κ1) is 17.0. The molecule has 24 heavy (non-hydrogen) atoms. The molecule has 1 amide bonds. The summed E-state index contributed by atoms with van der Waals surface area (Å²) in [5.41, 5.74) is 1.71. The van der Waals surface area contributed by atoms with Gasteiger partial charge in [0.25, 0.3) is 0 Å². The second-order valence-corrected chi connectivity index (χ2v) is 7.07. The molecular formula is C17H13Cl2N3OS. The summed E-state index contributed by atoms with van der Waals surface area (Å²) in [6, 6.07) is 14.8. The minimum Gasteiger partial charge on any atom is -0.303 e. The molecule has 1 N–H and O–H groups in total. The normalized spacial score (nSPS) is 19.2. The number of thioether (sulfide) groups is 1. The molecule has 4 nitrogen and oxygen atoms in total. The van der Waals surface area contributed by atoms with Crippen LogP contribution >= 0.6 is 35.0 Å². The number of hydrogen-bond acceptors (Lipinski definition) is 4. The number of rotatable bonds is 4. The van der Waals surface area contributed by atoms with Crippen LogP contribution in [0.5, 0.6) is 0 Å². The highest BCUT2D eigenvalue weighted by Crippen LogP contribution is 2.26. The fourth-order valence-electron chi connectivity index (χ4n) is 2.17. The largest absolute Gasteiger partial charge is 0.303 e. The SMILES string of the molecule is O=C1N/C(=N\N=C\c2ccccc2Cl)S[C@H]1Cc1ccccc1Cl. The molecule has 2 aromatic rings. The maximum atomic E-state index is 12.1. The van der Waals surface area contributed by atoms with Crippen LogP contribution < -0.4 is 5.32 Å². The van der Waals surface area contributed by atoms with Gasteiger partial charge in [0.15, 0.2) is 5.17 Å². The summed E-state index contributed by atoms with van der Waals surface area (Å²) in [5, 5.41) is 12.2. The molecule has 0 saturated carbocycles. The third kappa shape index (κ3) is 4.17. The van der Waals surface area contributed by atoms with Crippen molar-refractivity contribution >= 4 is 52.3 Å². The van der Waals surface area contributed by atoms with Crippen LogP contribution in [0.4, 0.5) is 0 Å². The standard InChI is InChI=1S/C17H13Cl2N3OS/c18-13-7-3-1-5-11(13)9-15-16(23)21-17(24-15)22-20-10-12-6-2-4-8-14(12)19/h1-8,10,15H,9H2,(H,21,22,23)/b20-10+/t15-/m0/s1. The molecule has 1 aliphatic heterocycles. The number of amidine groups is 1. The number of carbonyl (C=O) groups is 1. The molecule has 122 valence electrons. The van der Waals surface area contributed by atoms with Crippen LogP contribution in [-0.2, 0) is 11.2 Å². The van der Waals surface area contributed by atoms with E-state index in [0.29, 0.717) is 21.6 Å². The molecule has 0 radical (unpaired) electrons. The number of nitrogens with zero attached hydrogens (tertiary/aromatic N) is 2. The third-order valence-corrected chi connectivity index (χ3v) is 5.18. The Bertz CT molecular complexity index is 823. The van der Waals surface area contributed by atoms with E-state index in [0.717, 1.165) is 11.1 Å². The first-order valence-corrected chi connectivity index (χ1v) is 8.83. The van der Waals surface area contributed by atoms with Crippen LogP contribution in [0.3, 0.4) is 0 Å². The summed E-state index contributed by atoms with van der Waals surface area (Å²) < 4.78 is 0. The Kier molecular flexibility index (Phi) is 5.56. The van der Waals surface area contributed by atoms with Crippen LogP contribution in [0.25, 0.3) is 0 Å². The lowest BCUT2D eigenvalue weighted by atomic mass is 10.1. The van der Waals surface area contributed by atoms with Gasteiger partial charge in [0, 0.05) is 15.6 Å². The quantitative estimate of drug-likeness (QED) is 0.642. The van der Waals surface area contributed by atoms with Crippen molar-refractivity contribution in [2.75, 3.05) is 0 Å². The molecule has 7 heteroatoms. The topological polar surface area (TPSA) is 53.8 Å². The smallest absolute Gasteiger partial charge is 0.239 e. The van der Waals surface area contributed by atoms with Gasteiger partial charge < -0.3 is 5.32 Å². The average molecular weight is 378 g/mol. The van der Waals surface area contributed by atoms with Crippen LogP contribution in [0.15, 0.2) is 58.7 Å². The number of halogens is 2. The van der Waals surface area contributed by atoms with E-state index in [2.05, 4.69) is 15.5 Å². The zero-order chi connectivity index (χ0) is 16.9. The Labute approximate surface area is 154 Å². The summed E-state index contributed by atoms with van der Waals surface area (Å²) in [6.07, 6.45) is 2.10. The molecular weight excluding hydrogens is 365 g/mol. The summed E-state index contributed by atoms with van der Waals surface area (Å²) in [6.45, 7) is 0. The molecule has 1 aliphatic rings. The molecule has 3 rings (SSSR count). The van der Waals surface area contributed by atoms with E-state index < -0.39 is 0 Å². The highest BCUT2D eigenvalue weighted by Gasteiger charge is 2.30. The van der Waals surface area contributed by atoms with Gasteiger partial charge in [-0.15, -0.1) is 5.10 Å². The Hall–Kier alpha value is -1.82. The lowest BCUT2D eigenvalue weighted by Gasteiger charge is -2.06. The molecule has 0 spiro atoms.